The lowest BCUT2D eigenvalue weighted by Crippen LogP contribution is -2.32. The van der Waals surface area contributed by atoms with Crippen molar-refractivity contribution >= 4 is 74.8 Å². The van der Waals surface area contributed by atoms with Crippen molar-refractivity contribution in [2.24, 2.45) is 5.41 Å². The Labute approximate surface area is 553 Å². The molecular weight excluding hydrogens is 1230 g/mol. The van der Waals surface area contributed by atoms with Crippen molar-refractivity contribution in [3.63, 3.8) is 0 Å². The van der Waals surface area contributed by atoms with Gasteiger partial charge in [0.1, 0.15) is 0 Å². The molecule has 0 radical (unpaired) electrons. The molecule has 6 N–H and O–H groups in total. The molecule has 500 valence electrons. The number of carbonyl (C=O) groups excluding carboxylic acids is 6. The van der Waals surface area contributed by atoms with Crippen LogP contribution in [0.4, 0.5) is 0 Å². The molecule has 0 fully saturated rings. The van der Waals surface area contributed by atoms with Gasteiger partial charge in [-0.25, -0.2) is 0 Å². The van der Waals surface area contributed by atoms with E-state index in [0.29, 0.717) is 39.8 Å². The highest BCUT2D eigenvalue weighted by Gasteiger charge is 2.36. The first-order chi connectivity index (χ1) is 43.3. The maximum absolute atomic E-state index is 13.4. The highest BCUT2D eigenvalue weighted by molar-refractivity contribution is 7.91. The molecule has 0 saturated heterocycles. The molecule has 93 heavy (non-hydrogen) atoms. The highest BCUT2D eigenvalue weighted by Crippen LogP contribution is 2.49. The minimum Gasteiger partial charge on any atom is -0.481 e. The van der Waals surface area contributed by atoms with E-state index in [1.807, 2.05) is 204 Å². The van der Waals surface area contributed by atoms with E-state index in [2.05, 4.69) is 0 Å². The number of carboxylic acid groups (broad SMARTS) is 3. The molecule has 0 aromatic heterocycles. The Kier molecular flexibility index (Phi) is 31.0. The van der Waals surface area contributed by atoms with Gasteiger partial charge < -0.3 is 30.6 Å². The molecule has 0 aliphatic carbocycles. The normalized spacial score (nSPS) is 11.1. The fourth-order valence-corrected chi connectivity index (χ4v) is 18.7. The molecular formula is C75H95O15P3. The summed E-state index contributed by atoms with van der Waals surface area (Å²) in [4.78, 5) is 114. The van der Waals surface area contributed by atoms with E-state index in [0.717, 1.165) is 100 Å². The fourth-order valence-electron chi connectivity index (χ4n) is 11.9. The Bertz CT molecular complexity index is 3080. The summed E-state index contributed by atoms with van der Waals surface area (Å²) >= 11 is 0. The van der Waals surface area contributed by atoms with Crippen LogP contribution in [-0.2, 0) is 14.4 Å². The van der Waals surface area contributed by atoms with Crippen LogP contribution in [0.25, 0.3) is 0 Å². The van der Waals surface area contributed by atoms with Crippen LogP contribution in [-0.4, -0.2) is 120 Å². The van der Waals surface area contributed by atoms with Crippen LogP contribution in [0.15, 0.2) is 72.8 Å². The summed E-state index contributed by atoms with van der Waals surface area (Å²) in [5.74, 6) is -2.99. The first-order valence-electron chi connectivity index (χ1n) is 30.9. The van der Waals surface area contributed by atoms with Crippen molar-refractivity contribution in [3.05, 3.63) is 206 Å². The average Bonchev–Trinajstić information content (AvgIpc) is 0.816. The van der Waals surface area contributed by atoms with Crippen molar-refractivity contribution < 1.29 is 73.8 Å². The zero-order valence-corrected chi connectivity index (χ0v) is 60.4. The molecule has 6 aromatic carbocycles. The number of rotatable bonds is 25. The van der Waals surface area contributed by atoms with Crippen LogP contribution in [0.3, 0.4) is 0 Å². The molecule has 0 saturated carbocycles. The van der Waals surface area contributed by atoms with Gasteiger partial charge in [-0.1, -0.05) is 113 Å². The lowest BCUT2D eigenvalue weighted by atomic mass is 9.88. The molecule has 0 heterocycles. The first kappa shape index (κ1) is 80.2. The van der Waals surface area contributed by atoms with Gasteiger partial charge in [0.15, 0.2) is 33.1 Å². The molecule has 0 unspecified atom stereocenters. The van der Waals surface area contributed by atoms with Gasteiger partial charge in [-0.3, -0.25) is 43.2 Å². The van der Waals surface area contributed by atoms with E-state index in [1.54, 1.807) is 0 Å². The summed E-state index contributed by atoms with van der Waals surface area (Å²) in [6, 6.07) is 23.1. The lowest BCUT2D eigenvalue weighted by molar-refractivity contribution is -0.137. The second-order valence-electron chi connectivity index (χ2n) is 24.7. The van der Waals surface area contributed by atoms with Gasteiger partial charge in [0.05, 0.1) is 39.1 Å². The van der Waals surface area contributed by atoms with Crippen molar-refractivity contribution in [2.75, 3.05) is 38.3 Å². The molecule has 0 spiro atoms. The fraction of sp³-hybridized carbons (Fsp3) is 0.400. The Hall–Kier alpha value is -7.08. The van der Waals surface area contributed by atoms with Crippen molar-refractivity contribution in [2.45, 2.75) is 157 Å². The van der Waals surface area contributed by atoms with Gasteiger partial charge in [0.25, 0.3) is 0 Å². The maximum atomic E-state index is 13.4. The van der Waals surface area contributed by atoms with Crippen molar-refractivity contribution in [1.29, 1.82) is 0 Å². The van der Waals surface area contributed by atoms with E-state index >= 15 is 0 Å². The van der Waals surface area contributed by atoms with Gasteiger partial charge >= 0.3 is 17.9 Å². The second-order valence-corrected chi connectivity index (χ2v) is 31.0. The first-order valence-corrected chi connectivity index (χ1v) is 35.4. The van der Waals surface area contributed by atoms with Crippen LogP contribution >= 0.6 is 23.8 Å². The van der Waals surface area contributed by atoms with Gasteiger partial charge in [-0.05, 0) is 216 Å². The topological polar surface area (TPSA) is 275 Å². The number of carboxylic acids is 3. The van der Waals surface area contributed by atoms with Crippen molar-refractivity contribution in [1.82, 2.24) is 0 Å². The third-order valence-corrected chi connectivity index (χ3v) is 22.5. The van der Waals surface area contributed by atoms with Gasteiger partial charge in [0.2, 0.25) is 0 Å². The Balaban J connectivity index is 0.000000341. The summed E-state index contributed by atoms with van der Waals surface area (Å²) in [5.41, 5.74) is 17.6. The summed E-state index contributed by atoms with van der Waals surface area (Å²) in [6.45, 7) is 35.5. The third-order valence-electron chi connectivity index (χ3n) is 16.2. The Morgan fingerprint density at radius 1 is 0.280 bits per heavy atom. The van der Waals surface area contributed by atoms with Crippen LogP contribution in [0.5, 0.6) is 0 Å². The maximum Gasteiger partial charge on any atom is 0.303 e. The number of aliphatic carboxylic acids is 3. The number of hydrogen-bond acceptors (Lipinski definition) is 12. The van der Waals surface area contributed by atoms with E-state index in [4.69, 9.17) is 30.6 Å². The number of hydrogen-bond donors (Lipinski definition) is 6. The number of aryl methyl sites for hydroxylation is 18. The third kappa shape index (κ3) is 21.7. The zero-order chi connectivity index (χ0) is 70.8. The highest BCUT2D eigenvalue weighted by atomic mass is 31.1. The molecule has 15 nitrogen and oxygen atoms in total. The van der Waals surface area contributed by atoms with Crippen LogP contribution in [0, 0.1) is 130 Å². The molecule has 18 heteroatoms. The van der Waals surface area contributed by atoms with E-state index in [9.17, 15) is 43.2 Å². The molecule has 0 amide bonds. The number of carbonyl (C=O) groups is 9. The monoisotopic (exact) mass is 1330 g/mol. The van der Waals surface area contributed by atoms with E-state index in [-0.39, 0.29) is 90.7 Å². The Morgan fingerprint density at radius 2 is 0.409 bits per heavy atom. The molecule has 0 bridgehead atoms. The van der Waals surface area contributed by atoms with Crippen LogP contribution in [0.1, 0.15) is 195 Å². The molecule has 0 aliphatic rings. The van der Waals surface area contributed by atoms with Gasteiger partial charge in [-0.2, -0.15) is 0 Å². The predicted octanol–water partition coefficient (Wildman–Crippen LogP) is 15.8. The quantitative estimate of drug-likeness (QED) is 0.0291. The summed E-state index contributed by atoms with van der Waals surface area (Å²) in [7, 11) is -5.43. The minimum atomic E-state index is -1.81. The SMILES string of the molecule is CCC(CO)(CO)CO.Cc1cc(C)c(C(=O)P(CCC(=O)O)C(=O)c2c(C)cc(C)cc2C)c(C)c1.Cc1cc(C)c(C(=O)P(CCC(=O)O)C(=O)c2c(C)cc(C)cc2C)c(C)c1.Cc1cc(C)c(C(=O)P(CCC(=O)O)C(=O)c2c(C)cc(C)cc2C)c(C)c1. The summed E-state index contributed by atoms with van der Waals surface area (Å²) < 4.78 is 0. The smallest absolute Gasteiger partial charge is 0.303 e. The standard InChI is InChI=1S/3C23H27O4P.C6H14O3/c3*1-13-9-15(3)20(16(4)10-13)22(26)28(8-7-19(24)25)23(27)21-17(5)11-14(2)12-18(21)6;1-2-6(3-7,4-8)5-9/h3*9-12H,7-8H2,1-6H3,(H,24,25);7-9H,2-5H2,1H3. The number of aliphatic hydroxyl groups is 3. The molecule has 0 aliphatic heterocycles. The van der Waals surface area contributed by atoms with E-state index < -0.39 is 47.1 Å². The van der Waals surface area contributed by atoms with Crippen molar-refractivity contribution in [3.8, 4) is 0 Å². The summed E-state index contributed by atoms with van der Waals surface area (Å²) in [5, 5.41) is 53.4. The minimum absolute atomic E-state index is 0.0574. The second kappa shape index (κ2) is 36.0. The largest absolute Gasteiger partial charge is 0.481 e. The predicted molar refractivity (Wildman–Crippen MR) is 376 cm³/mol. The van der Waals surface area contributed by atoms with Gasteiger partial charge in [-0.15, -0.1) is 0 Å². The number of benzene rings is 6. The molecule has 0 atom stereocenters. The Morgan fingerprint density at radius 3 is 0.495 bits per heavy atom. The zero-order valence-electron chi connectivity index (χ0n) is 57.7. The van der Waals surface area contributed by atoms with E-state index in [1.165, 1.54) is 0 Å². The molecule has 6 aromatic rings. The average molecular weight is 1330 g/mol. The van der Waals surface area contributed by atoms with Gasteiger partial charge in [0, 0.05) is 62.6 Å². The lowest BCUT2D eigenvalue weighted by Gasteiger charge is -2.24. The number of aliphatic hydroxyl groups excluding tert-OH is 3. The van der Waals surface area contributed by atoms with Crippen LogP contribution < -0.4 is 0 Å². The summed E-state index contributed by atoms with van der Waals surface area (Å²) in [6.07, 6.45) is 0.174. The molecule has 6 rings (SSSR count). The van der Waals surface area contributed by atoms with Crippen LogP contribution in [0.2, 0.25) is 0 Å².